The molecule has 0 aliphatic heterocycles. The van der Waals surface area contributed by atoms with Gasteiger partial charge in [0.1, 0.15) is 11.3 Å². The van der Waals surface area contributed by atoms with Gasteiger partial charge >= 0.3 is 0 Å². The second-order valence-corrected chi connectivity index (χ2v) is 7.20. The number of hydrogen-bond acceptors (Lipinski definition) is 4. The molecule has 3 rings (SSSR count). The molecule has 126 valence electrons. The molecule has 0 aliphatic rings. The van der Waals surface area contributed by atoms with E-state index in [-0.39, 0.29) is 17.7 Å². The van der Waals surface area contributed by atoms with Crippen molar-refractivity contribution in [2.75, 3.05) is 5.32 Å². The SMILES string of the molecule is Cc1ccc2c(CC(=O)Nc3cc(C(C)(C)C)on3)coc2c1C. The van der Waals surface area contributed by atoms with Gasteiger partial charge in [-0.3, -0.25) is 4.79 Å². The normalized spacial score (nSPS) is 11.9. The topological polar surface area (TPSA) is 68.3 Å². The Hall–Kier alpha value is -2.56. The van der Waals surface area contributed by atoms with E-state index < -0.39 is 0 Å². The van der Waals surface area contributed by atoms with Crippen molar-refractivity contribution in [2.45, 2.75) is 46.5 Å². The zero-order chi connectivity index (χ0) is 17.5. The molecule has 0 aliphatic carbocycles. The average molecular weight is 326 g/mol. The fraction of sp³-hybridized carbons (Fsp3) is 0.368. The number of furan rings is 1. The number of amides is 1. The molecule has 0 fully saturated rings. The summed E-state index contributed by atoms with van der Waals surface area (Å²) in [6, 6.07) is 5.80. The Morgan fingerprint density at radius 2 is 2.00 bits per heavy atom. The van der Waals surface area contributed by atoms with Gasteiger partial charge in [0.15, 0.2) is 5.82 Å². The maximum Gasteiger partial charge on any atom is 0.230 e. The Kier molecular flexibility index (Phi) is 3.95. The minimum absolute atomic E-state index is 0.147. The minimum Gasteiger partial charge on any atom is -0.464 e. The van der Waals surface area contributed by atoms with E-state index in [1.807, 2.05) is 46.8 Å². The number of hydrogen-bond donors (Lipinski definition) is 1. The first-order valence-corrected chi connectivity index (χ1v) is 7.99. The molecule has 1 aromatic carbocycles. The molecule has 0 spiro atoms. The zero-order valence-electron chi connectivity index (χ0n) is 14.7. The number of aryl methyl sites for hydroxylation is 2. The van der Waals surface area contributed by atoms with Gasteiger partial charge in [-0.1, -0.05) is 38.1 Å². The summed E-state index contributed by atoms with van der Waals surface area (Å²) in [6.07, 6.45) is 1.88. The fourth-order valence-electron chi connectivity index (χ4n) is 2.57. The maximum atomic E-state index is 12.3. The van der Waals surface area contributed by atoms with Crippen LogP contribution in [0.1, 0.15) is 43.2 Å². The summed E-state index contributed by atoms with van der Waals surface area (Å²) < 4.78 is 10.9. The van der Waals surface area contributed by atoms with Crippen LogP contribution in [0.4, 0.5) is 5.82 Å². The Labute approximate surface area is 141 Å². The lowest BCUT2D eigenvalue weighted by Crippen LogP contribution is -2.14. The van der Waals surface area contributed by atoms with Crippen molar-refractivity contribution in [3.05, 3.63) is 46.9 Å². The first-order chi connectivity index (χ1) is 11.3. The average Bonchev–Trinajstić information content (AvgIpc) is 3.10. The number of fused-ring (bicyclic) bond motifs is 1. The van der Waals surface area contributed by atoms with Crippen molar-refractivity contribution < 1.29 is 13.7 Å². The second-order valence-electron chi connectivity index (χ2n) is 7.20. The fourth-order valence-corrected chi connectivity index (χ4v) is 2.57. The lowest BCUT2D eigenvalue weighted by Gasteiger charge is -2.11. The van der Waals surface area contributed by atoms with E-state index in [0.29, 0.717) is 5.82 Å². The van der Waals surface area contributed by atoms with Crippen molar-refractivity contribution in [3.8, 4) is 0 Å². The van der Waals surface area contributed by atoms with E-state index in [1.165, 1.54) is 5.56 Å². The number of benzene rings is 1. The molecular weight excluding hydrogens is 304 g/mol. The lowest BCUT2D eigenvalue weighted by molar-refractivity contribution is -0.115. The van der Waals surface area contributed by atoms with Crippen LogP contribution >= 0.6 is 0 Å². The molecule has 0 bridgehead atoms. The molecule has 2 aromatic heterocycles. The summed E-state index contributed by atoms with van der Waals surface area (Å²) in [7, 11) is 0. The highest BCUT2D eigenvalue weighted by Crippen LogP contribution is 2.27. The van der Waals surface area contributed by atoms with E-state index in [9.17, 15) is 4.79 Å². The molecule has 5 nitrogen and oxygen atoms in total. The molecule has 1 amide bonds. The number of nitrogens with zero attached hydrogens (tertiary/aromatic N) is 1. The molecule has 24 heavy (non-hydrogen) atoms. The van der Waals surface area contributed by atoms with Crippen LogP contribution in [0.2, 0.25) is 0 Å². The highest BCUT2D eigenvalue weighted by atomic mass is 16.5. The molecule has 2 heterocycles. The van der Waals surface area contributed by atoms with Crippen LogP contribution in [0.15, 0.2) is 33.4 Å². The largest absolute Gasteiger partial charge is 0.464 e. The number of aromatic nitrogens is 1. The third kappa shape index (κ3) is 3.07. The number of carbonyl (C=O) groups excluding carboxylic acids is 1. The van der Waals surface area contributed by atoms with Gasteiger partial charge in [0, 0.05) is 22.4 Å². The molecule has 0 atom stereocenters. The number of carbonyl (C=O) groups is 1. The van der Waals surface area contributed by atoms with Gasteiger partial charge in [-0.15, -0.1) is 0 Å². The van der Waals surface area contributed by atoms with Crippen LogP contribution < -0.4 is 5.32 Å². The van der Waals surface area contributed by atoms with Crippen molar-refractivity contribution in [2.24, 2.45) is 0 Å². The van der Waals surface area contributed by atoms with Gasteiger partial charge in [0.25, 0.3) is 0 Å². The van der Waals surface area contributed by atoms with Gasteiger partial charge in [0.2, 0.25) is 5.91 Å². The molecule has 0 saturated heterocycles. The van der Waals surface area contributed by atoms with Crippen molar-refractivity contribution in [1.29, 1.82) is 0 Å². The highest BCUT2D eigenvalue weighted by molar-refractivity contribution is 5.95. The Balaban J connectivity index is 1.76. The van der Waals surface area contributed by atoms with Crippen LogP contribution in [0, 0.1) is 13.8 Å². The number of rotatable bonds is 3. The minimum atomic E-state index is -0.148. The smallest absolute Gasteiger partial charge is 0.230 e. The van der Waals surface area contributed by atoms with E-state index in [4.69, 9.17) is 8.94 Å². The van der Waals surface area contributed by atoms with Gasteiger partial charge in [-0.25, -0.2) is 0 Å². The van der Waals surface area contributed by atoms with Crippen LogP contribution in [0.3, 0.4) is 0 Å². The monoisotopic (exact) mass is 326 g/mol. The van der Waals surface area contributed by atoms with Crippen LogP contribution in [-0.2, 0) is 16.6 Å². The van der Waals surface area contributed by atoms with Crippen LogP contribution in [-0.4, -0.2) is 11.1 Å². The van der Waals surface area contributed by atoms with Crippen molar-refractivity contribution in [1.82, 2.24) is 5.16 Å². The van der Waals surface area contributed by atoms with Gasteiger partial charge in [-0.05, 0) is 25.0 Å². The Morgan fingerprint density at radius 1 is 1.25 bits per heavy atom. The molecule has 1 N–H and O–H groups in total. The molecule has 3 aromatic rings. The second kappa shape index (κ2) is 5.82. The summed E-state index contributed by atoms with van der Waals surface area (Å²) in [6.45, 7) is 10.2. The quantitative estimate of drug-likeness (QED) is 0.768. The van der Waals surface area contributed by atoms with E-state index in [2.05, 4.69) is 10.5 Å². The van der Waals surface area contributed by atoms with E-state index in [0.717, 1.165) is 27.9 Å². The Morgan fingerprint density at radius 3 is 2.67 bits per heavy atom. The van der Waals surface area contributed by atoms with Crippen molar-refractivity contribution in [3.63, 3.8) is 0 Å². The Bertz CT molecular complexity index is 897. The maximum absolute atomic E-state index is 12.3. The summed E-state index contributed by atoms with van der Waals surface area (Å²) in [5, 5.41) is 7.66. The summed E-state index contributed by atoms with van der Waals surface area (Å²) >= 11 is 0. The number of anilines is 1. The van der Waals surface area contributed by atoms with Gasteiger partial charge in [-0.2, -0.15) is 0 Å². The molecule has 5 heteroatoms. The van der Waals surface area contributed by atoms with E-state index >= 15 is 0 Å². The summed E-state index contributed by atoms with van der Waals surface area (Å²) in [4.78, 5) is 12.3. The van der Waals surface area contributed by atoms with Gasteiger partial charge in [0.05, 0.1) is 12.7 Å². The number of nitrogens with one attached hydrogen (secondary N) is 1. The third-order valence-electron chi connectivity index (χ3n) is 4.21. The van der Waals surface area contributed by atoms with Crippen molar-refractivity contribution >= 4 is 22.7 Å². The molecule has 0 radical (unpaired) electrons. The highest BCUT2D eigenvalue weighted by Gasteiger charge is 2.20. The zero-order valence-corrected chi connectivity index (χ0v) is 14.7. The first kappa shape index (κ1) is 16.3. The lowest BCUT2D eigenvalue weighted by atomic mass is 9.93. The molecule has 0 saturated carbocycles. The standard InChI is InChI=1S/C19H22N2O3/c1-11-6-7-14-13(10-23-18(14)12(11)2)8-17(22)20-16-9-15(24-21-16)19(3,4)5/h6-7,9-10H,8H2,1-5H3,(H,20,21,22). The van der Waals surface area contributed by atoms with Crippen LogP contribution in [0.5, 0.6) is 0 Å². The molecular formula is C19H22N2O3. The third-order valence-corrected chi connectivity index (χ3v) is 4.21. The molecule has 0 unspecified atom stereocenters. The predicted molar refractivity (Wildman–Crippen MR) is 93.2 cm³/mol. The van der Waals surface area contributed by atoms with Crippen LogP contribution in [0.25, 0.3) is 11.0 Å². The summed E-state index contributed by atoms with van der Waals surface area (Å²) in [5.74, 6) is 1.02. The summed E-state index contributed by atoms with van der Waals surface area (Å²) in [5.41, 5.74) is 3.83. The predicted octanol–water partition coefficient (Wildman–Crippen LogP) is 4.52. The first-order valence-electron chi connectivity index (χ1n) is 7.99. The van der Waals surface area contributed by atoms with E-state index in [1.54, 1.807) is 12.3 Å². The van der Waals surface area contributed by atoms with Gasteiger partial charge < -0.3 is 14.3 Å².